The molecule has 0 aliphatic carbocycles. The molecule has 1 saturated heterocycles. The molecular weight excluding hydrogens is 375 g/mol. The van der Waals surface area contributed by atoms with Crippen LogP contribution < -0.4 is 5.32 Å². The highest BCUT2D eigenvalue weighted by molar-refractivity contribution is 8.26. The van der Waals surface area contributed by atoms with Crippen LogP contribution in [0.3, 0.4) is 0 Å². The van der Waals surface area contributed by atoms with Gasteiger partial charge in [-0.05, 0) is 12.1 Å². The summed E-state index contributed by atoms with van der Waals surface area (Å²) in [6.45, 7) is 0.253. The topological polar surface area (TPSA) is 78.1 Å². The second-order valence-corrected chi connectivity index (χ2v) is 7.14. The predicted molar refractivity (Wildman–Crippen MR) is 102 cm³/mol. The number of imidazole rings is 1. The molecule has 2 heterocycles. The van der Waals surface area contributed by atoms with E-state index >= 15 is 0 Å². The Bertz CT molecular complexity index is 867. The van der Waals surface area contributed by atoms with Gasteiger partial charge in [0.25, 0.3) is 5.91 Å². The Balaban J connectivity index is 1.58. The maximum Gasteiger partial charge on any atom is 0.266 e. The number of hydrogen-bond acceptors (Lipinski definition) is 5. The summed E-state index contributed by atoms with van der Waals surface area (Å²) in [6, 6.07) is 6.15. The van der Waals surface area contributed by atoms with E-state index in [1.807, 2.05) is 0 Å². The summed E-state index contributed by atoms with van der Waals surface area (Å²) in [5.74, 6) is -1.13. The molecule has 0 saturated carbocycles. The Morgan fingerprint density at radius 1 is 1.42 bits per heavy atom. The van der Waals surface area contributed by atoms with Gasteiger partial charge < -0.3 is 10.3 Å². The number of nitrogens with zero attached hydrogens (tertiary/aromatic N) is 2. The number of carbonyl (C=O) groups is 2. The highest BCUT2D eigenvalue weighted by atomic mass is 32.2. The number of aromatic nitrogens is 2. The monoisotopic (exact) mass is 390 g/mol. The lowest BCUT2D eigenvalue weighted by Gasteiger charge is -2.14. The lowest BCUT2D eigenvalue weighted by atomic mass is 10.2. The quantitative estimate of drug-likeness (QED) is 0.584. The summed E-state index contributed by atoms with van der Waals surface area (Å²) in [6.07, 6.45) is 5.31. The molecular formula is C17H15FN4O2S2. The molecule has 6 nitrogen and oxygen atoms in total. The minimum atomic E-state index is -0.422. The Morgan fingerprint density at radius 2 is 2.23 bits per heavy atom. The first-order valence-corrected chi connectivity index (χ1v) is 9.01. The molecule has 0 spiro atoms. The van der Waals surface area contributed by atoms with Gasteiger partial charge in [-0.2, -0.15) is 0 Å². The van der Waals surface area contributed by atoms with Crippen molar-refractivity contribution in [1.82, 2.24) is 20.2 Å². The van der Waals surface area contributed by atoms with E-state index in [1.165, 1.54) is 17.0 Å². The molecule has 1 aliphatic heterocycles. The third kappa shape index (κ3) is 4.36. The zero-order valence-electron chi connectivity index (χ0n) is 13.6. The summed E-state index contributed by atoms with van der Waals surface area (Å²) >= 11 is 6.24. The highest BCUT2D eigenvalue weighted by Gasteiger charge is 2.33. The van der Waals surface area contributed by atoms with Crippen LogP contribution >= 0.6 is 24.0 Å². The van der Waals surface area contributed by atoms with Crippen molar-refractivity contribution >= 4 is 46.2 Å². The molecule has 9 heteroatoms. The van der Waals surface area contributed by atoms with Crippen LogP contribution in [0.1, 0.15) is 11.3 Å². The van der Waals surface area contributed by atoms with Gasteiger partial charge in [-0.25, -0.2) is 9.37 Å². The number of benzene rings is 1. The molecule has 2 amide bonds. The molecule has 0 bridgehead atoms. The fraction of sp³-hybridized carbons (Fsp3) is 0.176. The van der Waals surface area contributed by atoms with Crippen LogP contribution in [0.25, 0.3) is 6.08 Å². The lowest BCUT2D eigenvalue weighted by molar-refractivity contribution is -0.128. The average Bonchev–Trinajstić information content (AvgIpc) is 3.21. The first-order valence-electron chi connectivity index (χ1n) is 7.78. The Kier molecular flexibility index (Phi) is 5.79. The molecule has 1 fully saturated rings. The number of aromatic amines is 1. The molecule has 26 heavy (non-hydrogen) atoms. The Hall–Kier alpha value is -2.52. The Labute approximate surface area is 158 Å². The van der Waals surface area contributed by atoms with E-state index in [2.05, 4.69) is 15.3 Å². The summed E-state index contributed by atoms with van der Waals surface area (Å²) < 4.78 is 14.0. The van der Waals surface area contributed by atoms with Crippen molar-refractivity contribution in [2.75, 3.05) is 13.1 Å². The number of thiocarbonyl (C=S) groups is 1. The number of halogens is 1. The molecule has 2 N–H and O–H groups in total. The summed E-state index contributed by atoms with van der Waals surface area (Å²) in [5, 5.41) is 2.73. The Morgan fingerprint density at radius 3 is 2.96 bits per heavy atom. The van der Waals surface area contributed by atoms with E-state index in [0.717, 1.165) is 17.5 Å². The zero-order valence-corrected chi connectivity index (χ0v) is 15.2. The lowest BCUT2D eigenvalue weighted by Crippen LogP contribution is -2.40. The van der Waals surface area contributed by atoms with Crippen LogP contribution in [0, 0.1) is 5.82 Å². The highest BCUT2D eigenvalue weighted by Crippen LogP contribution is 2.32. The predicted octanol–water partition coefficient (Wildman–Crippen LogP) is 2.11. The summed E-state index contributed by atoms with van der Waals surface area (Å²) in [4.78, 5) is 32.9. The van der Waals surface area contributed by atoms with Crippen LogP contribution in [-0.2, 0) is 16.0 Å². The van der Waals surface area contributed by atoms with Crippen LogP contribution in [0.5, 0.6) is 0 Å². The second kappa shape index (κ2) is 8.24. The molecule has 0 atom stereocenters. The molecule has 0 radical (unpaired) electrons. The molecule has 1 aliphatic rings. The van der Waals surface area contributed by atoms with Crippen molar-refractivity contribution in [3.63, 3.8) is 0 Å². The number of rotatable bonds is 6. The van der Waals surface area contributed by atoms with Crippen molar-refractivity contribution < 1.29 is 14.0 Å². The van der Waals surface area contributed by atoms with Gasteiger partial charge in [0.15, 0.2) is 0 Å². The minimum Gasteiger partial charge on any atom is -0.354 e. The van der Waals surface area contributed by atoms with Gasteiger partial charge in [-0.1, -0.05) is 42.2 Å². The van der Waals surface area contributed by atoms with Gasteiger partial charge in [0, 0.05) is 30.4 Å². The van der Waals surface area contributed by atoms with Gasteiger partial charge in [-0.15, -0.1) is 0 Å². The van der Waals surface area contributed by atoms with Crippen molar-refractivity contribution in [3.05, 3.63) is 58.8 Å². The molecule has 0 unspecified atom stereocenters. The largest absolute Gasteiger partial charge is 0.354 e. The van der Waals surface area contributed by atoms with Crippen molar-refractivity contribution in [3.8, 4) is 0 Å². The fourth-order valence-corrected chi connectivity index (χ4v) is 3.57. The zero-order chi connectivity index (χ0) is 18.5. The number of thioether (sulfide) groups is 1. The number of amides is 2. The van der Waals surface area contributed by atoms with E-state index in [0.29, 0.717) is 23.4 Å². The number of hydrogen-bond donors (Lipinski definition) is 2. The minimum absolute atomic E-state index is 0.164. The number of carbonyl (C=O) groups excluding carboxylic acids is 2. The number of H-pyrrole nitrogens is 1. The molecule has 1 aromatic heterocycles. The normalized spacial score (nSPS) is 15.7. The van der Waals surface area contributed by atoms with Crippen LogP contribution in [0.4, 0.5) is 4.39 Å². The van der Waals surface area contributed by atoms with Crippen molar-refractivity contribution in [1.29, 1.82) is 0 Å². The molecule has 134 valence electrons. The van der Waals surface area contributed by atoms with Crippen molar-refractivity contribution in [2.45, 2.75) is 6.42 Å². The fourth-order valence-electron chi connectivity index (χ4n) is 2.33. The molecule has 3 rings (SSSR count). The van der Waals surface area contributed by atoms with E-state index in [1.54, 1.807) is 30.7 Å². The van der Waals surface area contributed by atoms with E-state index in [9.17, 15) is 14.0 Å². The summed E-state index contributed by atoms with van der Waals surface area (Å²) in [7, 11) is 0. The number of nitrogens with one attached hydrogen (secondary N) is 2. The smallest absolute Gasteiger partial charge is 0.266 e. The van der Waals surface area contributed by atoms with E-state index in [-0.39, 0.29) is 16.8 Å². The third-order valence-corrected chi connectivity index (χ3v) is 5.02. The third-order valence-electron chi connectivity index (χ3n) is 3.64. The van der Waals surface area contributed by atoms with E-state index < -0.39 is 11.7 Å². The maximum atomic E-state index is 13.7. The first-order chi connectivity index (χ1) is 12.5. The molecule has 1 aromatic carbocycles. The van der Waals surface area contributed by atoms with Crippen LogP contribution in [-0.4, -0.2) is 44.1 Å². The summed E-state index contributed by atoms with van der Waals surface area (Å²) in [5.41, 5.74) is 1.21. The van der Waals surface area contributed by atoms with Gasteiger partial charge in [0.1, 0.15) is 16.7 Å². The van der Waals surface area contributed by atoms with Gasteiger partial charge in [-0.3, -0.25) is 14.5 Å². The van der Waals surface area contributed by atoms with Crippen molar-refractivity contribution in [2.24, 2.45) is 0 Å². The van der Waals surface area contributed by atoms with Gasteiger partial charge in [0.05, 0.1) is 11.2 Å². The van der Waals surface area contributed by atoms with Crippen LogP contribution in [0.15, 0.2) is 41.7 Å². The van der Waals surface area contributed by atoms with E-state index in [4.69, 9.17) is 12.2 Å². The standard InChI is InChI=1S/C17H15FN4O2S2/c18-13-4-2-1-3-11(13)7-14-16(24)22(17(25)26-14)9-15(23)20-6-5-12-8-19-10-21-12/h1-4,7-8,10H,5-6,9H2,(H,19,21)(H,20,23). The van der Waals surface area contributed by atoms with Gasteiger partial charge in [0.2, 0.25) is 5.91 Å². The maximum absolute atomic E-state index is 13.7. The second-order valence-electron chi connectivity index (χ2n) is 5.47. The average molecular weight is 390 g/mol. The molecule has 2 aromatic rings. The van der Waals surface area contributed by atoms with Gasteiger partial charge >= 0.3 is 0 Å². The SMILES string of the molecule is O=C(CN1C(=O)C(=Cc2ccccc2F)SC1=S)NCCc1cnc[nH]1. The van der Waals surface area contributed by atoms with Crippen LogP contribution in [0.2, 0.25) is 0 Å². The first kappa shape index (κ1) is 18.3.